The van der Waals surface area contributed by atoms with Crippen molar-refractivity contribution in [2.45, 2.75) is 12.5 Å². The van der Waals surface area contributed by atoms with Gasteiger partial charge in [0.15, 0.2) is 0 Å². The molecule has 2 N–H and O–H groups in total. The Hall–Kier alpha value is -2.05. The van der Waals surface area contributed by atoms with Gasteiger partial charge in [-0.3, -0.25) is 0 Å². The van der Waals surface area contributed by atoms with Crippen molar-refractivity contribution in [1.29, 1.82) is 0 Å². The van der Waals surface area contributed by atoms with Crippen molar-refractivity contribution >= 4 is 11.3 Å². The molecule has 0 unspecified atom stereocenters. The number of aromatic nitrogens is 3. The molecule has 0 bridgehead atoms. The highest BCUT2D eigenvalue weighted by Gasteiger charge is 2.16. The van der Waals surface area contributed by atoms with E-state index in [1.807, 2.05) is 35.7 Å². The van der Waals surface area contributed by atoms with Gasteiger partial charge in [0, 0.05) is 5.38 Å². The molecule has 0 aliphatic carbocycles. The second-order valence-electron chi connectivity index (χ2n) is 4.13. The van der Waals surface area contributed by atoms with E-state index in [-0.39, 0.29) is 6.04 Å². The molecule has 2 heterocycles. The number of nitrogens with zero attached hydrogens (tertiary/aromatic N) is 3. The third-order valence-corrected chi connectivity index (χ3v) is 3.31. The van der Waals surface area contributed by atoms with E-state index in [1.165, 1.54) is 11.3 Å². The van der Waals surface area contributed by atoms with Crippen molar-refractivity contribution < 1.29 is 4.52 Å². The molecule has 0 amide bonds. The monoisotopic (exact) mass is 272 g/mol. The molecule has 2 aromatic heterocycles. The van der Waals surface area contributed by atoms with E-state index in [0.29, 0.717) is 23.8 Å². The minimum Gasteiger partial charge on any atom is -0.337 e. The Morgan fingerprint density at radius 1 is 1.26 bits per heavy atom. The molecule has 0 radical (unpaired) electrons. The van der Waals surface area contributed by atoms with E-state index in [1.54, 1.807) is 5.51 Å². The topological polar surface area (TPSA) is 77.8 Å². The van der Waals surface area contributed by atoms with Gasteiger partial charge in [0.2, 0.25) is 11.7 Å². The standard InChI is InChI=1S/C13H12N4OS/c14-10(6-9-4-2-1-3-5-9)13-16-12(17-18-13)11-7-19-8-15-11/h1-5,7-8,10H,6,14H2/t10-/m1/s1. The van der Waals surface area contributed by atoms with Crippen molar-refractivity contribution in [3.63, 3.8) is 0 Å². The maximum absolute atomic E-state index is 6.08. The Morgan fingerprint density at radius 2 is 2.11 bits per heavy atom. The molecule has 0 fully saturated rings. The van der Waals surface area contributed by atoms with Crippen LogP contribution in [0.3, 0.4) is 0 Å². The molecule has 1 aromatic carbocycles. The zero-order chi connectivity index (χ0) is 13.1. The first-order valence-corrected chi connectivity index (χ1v) is 6.79. The molecule has 0 saturated carbocycles. The van der Waals surface area contributed by atoms with Crippen LogP contribution in [0.5, 0.6) is 0 Å². The summed E-state index contributed by atoms with van der Waals surface area (Å²) in [5.41, 5.74) is 9.67. The lowest BCUT2D eigenvalue weighted by molar-refractivity contribution is 0.354. The summed E-state index contributed by atoms with van der Waals surface area (Å²) in [5, 5.41) is 5.77. The van der Waals surface area contributed by atoms with Crippen LogP contribution in [-0.2, 0) is 6.42 Å². The van der Waals surface area contributed by atoms with Crippen LogP contribution in [-0.4, -0.2) is 15.1 Å². The lowest BCUT2D eigenvalue weighted by atomic mass is 10.1. The lowest BCUT2D eigenvalue weighted by Gasteiger charge is -2.05. The summed E-state index contributed by atoms with van der Waals surface area (Å²) in [6, 6.07) is 9.69. The van der Waals surface area contributed by atoms with Crippen LogP contribution < -0.4 is 5.73 Å². The minimum absolute atomic E-state index is 0.303. The highest BCUT2D eigenvalue weighted by molar-refractivity contribution is 7.07. The summed E-state index contributed by atoms with van der Waals surface area (Å²) in [7, 11) is 0. The van der Waals surface area contributed by atoms with E-state index in [9.17, 15) is 0 Å². The molecule has 1 atom stereocenters. The van der Waals surface area contributed by atoms with Gasteiger partial charge in [-0.05, 0) is 12.0 Å². The smallest absolute Gasteiger partial charge is 0.244 e. The van der Waals surface area contributed by atoms with E-state index >= 15 is 0 Å². The molecule has 0 spiro atoms. The lowest BCUT2D eigenvalue weighted by Crippen LogP contribution is -2.13. The van der Waals surface area contributed by atoms with Gasteiger partial charge in [0.25, 0.3) is 0 Å². The Kier molecular flexibility index (Phi) is 3.35. The van der Waals surface area contributed by atoms with Gasteiger partial charge in [0.05, 0.1) is 11.6 Å². The molecule has 3 aromatic rings. The number of nitrogens with two attached hydrogens (primary N) is 1. The first-order valence-electron chi connectivity index (χ1n) is 5.84. The second kappa shape index (κ2) is 5.29. The maximum atomic E-state index is 6.08. The van der Waals surface area contributed by atoms with E-state index in [4.69, 9.17) is 10.3 Å². The summed E-state index contributed by atoms with van der Waals surface area (Å²) in [6.07, 6.45) is 0.666. The fourth-order valence-electron chi connectivity index (χ4n) is 1.77. The van der Waals surface area contributed by atoms with Gasteiger partial charge in [-0.1, -0.05) is 35.5 Å². The van der Waals surface area contributed by atoms with Crippen molar-refractivity contribution in [3.8, 4) is 11.5 Å². The van der Waals surface area contributed by atoms with E-state index in [0.717, 1.165) is 5.56 Å². The third-order valence-electron chi connectivity index (χ3n) is 2.72. The number of hydrogen-bond donors (Lipinski definition) is 1. The largest absolute Gasteiger partial charge is 0.337 e. The Balaban J connectivity index is 1.76. The number of hydrogen-bond acceptors (Lipinski definition) is 6. The van der Waals surface area contributed by atoms with Crippen LogP contribution >= 0.6 is 11.3 Å². The molecule has 6 heteroatoms. The average Bonchev–Trinajstić information content (AvgIpc) is 3.11. The normalized spacial score (nSPS) is 12.5. The summed E-state index contributed by atoms with van der Waals surface area (Å²) in [6.45, 7) is 0. The van der Waals surface area contributed by atoms with Gasteiger partial charge in [-0.15, -0.1) is 11.3 Å². The van der Waals surface area contributed by atoms with Gasteiger partial charge in [-0.25, -0.2) is 4.98 Å². The molecule has 0 aliphatic rings. The highest BCUT2D eigenvalue weighted by atomic mass is 32.1. The summed E-state index contributed by atoms with van der Waals surface area (Å²) < 4.78 is 5.20. The Bertz CT molecular complexity index is 636. The van der Waals surface area contributed by atoms with Crippen LogP contribution in [0, 0.1) is 0 Å². The van der Waals surface area contributed by atoms with Gasteiger partial charge < -0.3 is 10.3 Å². The van der Waals surface area contributed by atoms with Crippen LogP contribution in [0.1, 0.15) is 17.5 Å². The average molecular weight is 272 g/mol. The van der Waals surface area contributed by atoms with E-state index < -0.39 is 0 Å². The SMILES string of the molecule is N[C@H](Cc1ccccc1)c1nc(-c2cscn2)no1. The number of rotatable bonds is 4. The first kappa shape index (κ1) is 12.0. The predicted molar refractivity (Wildman–Crippen MR) is 72.5 cm³/mol. The summed E-state index contributed by atoms with van der Waals surface area (Å²) in [5.74, 6) is 0.923. The molecule has 19 heavy (non-hydrogen) atoms. The number of benzene rings is 1. The maximum Gasteiger partial charge on any atom is 0.244 e. The summed E-state index contributed by atoms with van der Waals surface area (Å²) in [4.78, 5) is 8.43. The second-order valence-corrected chi connectivity index (χ2v) is 4.84. The third kappa shape index (κ3) is 2.69. The van der Waals surface area contributed by atoms with Gasteiger partial charge >= 0.3 is 0 Å². The van der Waals surface area contributed by atoms with Crippen molar-refractivity contribution in [3.05, 3.63) is 52.7 Å². The van der Waals surface area contributed by atoms with Crippen LogP contribution in [0.2, 0.25) is 0 Å². The first-order chi connectivity index (χ1) is 9.33. The molecule has 96 valence electrons. The molecular formula is C13H12N4OS. The van der Waals surface area contributed by atoms with Crippen LogP contribution in [0.15, 0.2) is 45.7 Å². The van der Waals surface area contributed by atoms with Crippen molar-refractivity contribution in [2.75, 3.05) is 0 Å². The van der Waals surface area contributed by atoms with Crippen molar-refractivity contribution in [2.24, 2.45) is 5.73 Å². The Morgan fingerprint density at radius 3 is 2.84 bits per heavy atom. The summed E-state index contributed by atoms with van der Waals surface area (Å²) >= 11 is 1.49. The van der Waals surface area contributed by atoms with Gasteiger partial charge in [0.1, 0.15) is 5.69 Å². The minimum atomic E-state index is -0.303. The van der Waals surface area contributed by atoms with Crippen LogP contribution in [0.4, 0.5) is 0 Å². The fraction of sp³-hybridized carbons (Fsp3) is 0.154. The zero-order valence-electron chi connectivity index (χ0n) is 10.1. The fourth-order valence-corrected chi connectivity index (χ4v) is 2.30. The zero-order valence-corrected chi connectivity index (χ0v) is 10.9. The molecular weight excluding hydrogens is 260 g/mol. The predicted octanol–water partition coefficient (Wildman–Crippen LogP) is 2.44. The molecule has 0 saturated heterocycles. The quantitative estimate of drug-likeness (QED) is 0.789. The highest BCUT2D eigenvalue weighted by Crippen LogP contribution is 2.19. The van der Waals surface area contributed by atoms with Crippen LogP contribution in [0.25, 0.3) is 11.5 Å². The van der Waals surface area contributed by atoms with Crippen molar-refractivity contribution in [1.82, 2.24) is 15.1 Å². The number of thiazole rings is 1. The molecule has 5 nitrogen and oxygen atoms in total. The molecule has 3 rings (SSSR count). The Labute approximate surface area is 114 Å². The molecule has 0 aliphatic heterocycles. The van der Waals surface area contributed by atoms with E-state index in [2.05, 4.69) is 15.1 Å². The van der Waals surface area contributed by atoms with Gasteiger partial charge in [-0.2, -0.15) is 4.98 Å².